The number of rotatable bonds is 4. The Bertz CT molecular complexity index is 1310. The molecule has 0 radical (unpaired) electrons. The van der Waals surface area contributed by atoms with Crippen molar-refractivity contribution in [3.05, 3.63) is 71.6 Å². The highest BCUT2D eigenvalue weighted by Crippen LogP contribution is 2.42. The van der Waals surface area contributed by atoms with Gasteiger partial charge in [-0.3, -0.25) is 19.5 Å². The number of amides is 2. The minimum atomic E-state index is -0.624. The van der Waals surface area contributed by atoms with E-state index in [1.165, 1.54) is 0 Å². The van der Waals surface area contributed by atoms with E-state index in [0.717, 1.165) is 11.3 Å². The van der Waals surface area contributed by atoms with E-state index in [2.05, 4.69) is 21.4 Å². The average molecular weight is 441 g/mol. The number of fused-ring (bicyclic) bond motifs is 1. The van der Waals surface area contributed by atoms with Crippen LogP contribution >= 0.6 is 0 Å². The number of pyridine rings is 1. The second-order valence-corrected chi connectivity index (χ2v) is 8.92. The number of anilines is 2. The summed E-state index contributed by atoms with van der Waals surface area (Å²) in [5.41, 5.74) is 2.78. The van der Waals surface area contributed by atoms with Crippen molar-refractivity contribution in [3.8, 4) is 6.07 Å². The molecule has 9 nitrogen and oxygen atoms in total. The smallest absolute Gasteiger partial charge is 0.289 e. The third-order valence-electron chi connectivity index (χ3n) is 6.33. The first-order valence-electron chi connectivity index (χ1n) is 10.7. The number of nitrogens with one attached hydrogen (secondary N) is 1. The summed E-state index contributed by atoms with van der Waals surface area (Å²) in [4.78, 5) is 37.7. The van der Waals surface area contributed by atoms with Crippen molar-refractivity contribution >= 4 is 23.2 Å². The molecule has 4 heterocycles. The van der Waals surface area contributed by atoms with Gasteiger partial charge in [-0.15, -0.1) is 0 Å². The first-order valence-corrected chi connectivity index (χ1v) is 10.7. The number of carbonyl (C=O) groups excluding carboxylic acids is 2. The molecule has 2 amide bonds. The van der Waals surface area contributed by atoms with Gasteiger partial charge >= 0.3 is 0 Å². The van der Waals surface area contributed by atoms with Gasteiger partial charge in [0.05, 0.1) is 47.0 Å². The van der Waals surface area contributed by atoms with Crippen molar-refractivity contribution in [1.29, 1.82) is 5.26 Å². The van der Waals surface area contributed by atoms with Crippen molar-refractivity contribution in [2.24, 2.45) is 7.05 Å². The number of carbonyl (C=O) groups is 2. The standard InChI is InChI=1S/C24H23N7O2/c1-24(2)20-8-15(10-25)4-5-19(20)22(32)31(24)18-9-16(11-26-12-18)28-17-13-30(14-17)23(33)21-27-6-7-29(21)3/h4-9,11-12,17,28H,13-14H2,1-3H3. The van der Waals surface area contributed by atoms with Crippen LogP contribution in [0.2, 0.25) is 0 Å². The highest BCUT2D eigenvalue weighted by molar-refractivity contribution is 6.12. The number of likely N-dealkylation sites (tertiary alicyclic amines) is 1. The Morgan fingerprint density at radius 1 is 1.24 bits per heavy atom. The molecule has 0 spiro atoms. The molecule has 33 heavy (non-hydrogen) atoms. The van der Waals surface area contributed by atoms with E-state index in [9.17, 15) is 14.9 Å². The van der Waals surface area contributed by atoms with Gasteiger partial charge < -0.3 is 14.8 Å². The van der Waals surface area contributed by atoms with Gasteiger partial charge in [-0.25, -0.2) is 4.98 Å². The Labute approximate surface area is 191 Å². The maximum absolute atomic E-state index is 13.2. The maximum Gasteiger partial charge on any atom is 0.289 e. The fourth-order valence-electron chi connectivity index (χ4n) is 4.55. The van der Waals surface area contributed by atoms with Crippen molar-refractivity contribution < 1.29 is 9.59 Å². The lowest BCUT2D eigenvalue weighted by atomic mass is 9.92. The van der Waals surface area contributed by atoms with Crippen LogP contribution in [-0.4, -0.2) is 50.4 Å². The molecular weight excluding hydrogens is 418 g/mol. The van der Waals surface area contributed by atoms with Crippen LogP contribution in [0.4, 0.5) is 11.4 Å². The molecule has 1 N–H and O–H groups in total. The molecule has 1 aromatic carbocycles. The third-order valence-corrected chi connectivity index (χ3v) is 6.33. The van der Waals surface area contributed by atoms with E-state index in [-0.39, 0.29) is 17.9 Å². The van der Waals surface area contributed by atoms with E-state index >= 15 is 0 Å². The van der Waals surface area contributed by atoms with Crippen molar-refractivity contribution in [2.75, 3.05) is 23.3 Å². The zero-order valence-electron chi connectivity index (χ0n) is 18.6. The zero-order valence-corrected chi connectivity index (χ0v) is 18.6. The van der Waals surface area contributed by atoms with E-state index < -0.39 is 5.54 Å². The average Bonchev–Trinajstić information content (AvgIpc) is 3.28. The van der Waals surface area contributed by atoms with Crippen LogP contribution in [0.3, 0.4) is 0 Å². The SMILES string of the molecule is Cn1ccnc1C(=O)N1CC(Nc2cncc(N3C(=O)c4ccc(C#N)cc4C3(C)C)c2)C1. The molecule has 1 saturated heterocycles. The number of aryl methyl sites for hydroxylation is 1. The third kappa shape index (κ3) is 3.31. The van der Waals surface area contributed by atoms with Crippen LogP contribution in [-0.2, 0) is 12.6 Å². The summed E-state index contributed by atoms with van der Waals surface area (Å²) in [7, 11) is 1.80. The summed E-state index contributed by atoms with van der Waals surface area (Å²) >= 11 is 0. The Kier molecular flexibility index (Phi) is 4.67. The van der Waals surface area contributed by atoms with Crippen LogP contribution < -0.4 is 10.2 Å². The minimum absolute atomic E-state index is 0.0870. The van der Waals surface area contributed by atoms with Crippen LogP contribution in [0.15, 0.2) is 49.1 Å². The number of imidazole rings is 1. The molecule has 166 valence electrons. The quantitative estimate of drug-likeness (QED) is 0.667. The Morgan fingerprint density at radius 2 is 2.03 bits per heavy atom. The molecule has 9 heteroatoms. The second-order valence-electron chi connectivity index (χ2n) is 8.92. The lowest BCUT2D eigenvalue weighted by Gasteiger charge is -2.40. The summed E-state index contributed by atoms with van der Waals surface area (Å²) in [5.74, 6) is 0.214. The molecule has 0 saturated carbocycles. The number of benzene rings is 1. The number of aromatic nitrogens is 3. The first kappa shape index (κ1) is 20.7. The lowest BCUT2D eigenvalue weighted by molar-refractivity contribution is 0.0608. The molecule has 5 rings (SSSR count). The van der Waals surface area contributed by atoms with Crippen molar-refractivity contribution in [3.63, 3.8) is 0 Å². The van der Waals surface area contributed by atoms with Gasteiger partial charge in [0.15, 0.2) is 5.82 Å². The monoisotopic (exact) mass is 441 g/mol. The molecule has 0 atom stereocenters. The molecule has 3 aromatic rings. The Morgan fingerprint density at radius 3 is 2.73 bits per heavy atom. The topological polar surface area (TPSA) is 107 Å². The van der Waals surface area contributed by atoms with Gasteiger partial charge in [-0.2, -0.15) is 5.26 Å². The predicted molar refractivity (Wildman–Crippen MR) is 122 cm³/mol. The lowest BCUT2D eigenvalue weighted by Crippen LogP contribution is -2.57. The maximum atomic E-state index is 13.2. The van der Waals surface area contributed by atoms with Gasteiger partial charge in [0.2, 0.25) is 0 Å². The van der Waals surface area contributed by atoms with Gasteiger partial charge in [0.1, 0.15) is 0 Å². The largest absolute Gasteiger partial charge is 0.377 e. The van der Waals surface area contributed by atoms with Crippen LogP contribution in [0, 0.1) is 11.3 Å². The fourth-order valence-corrected chi connectivity index (χ4v) is 4.55. The minimum Gasteiger partial charge on any atom is -0.377 e. The molecule has 0 aliphatic carbocycles. The number of nitrogens with zero attached hydrogens (tertiary/aromatic N) is 6. The van der Waals surface area contributed by atoms with E-state index in [0.29, 0.717) is 35.7 Å². The van der Waals surface area contributed by atoms with Gasteiger partial charge in [-0.05, 0) is 43.7 Å². The number of hydrogen-bond donors (Lipinski definition) is 1. The van der Waals surface area contributed by atoms with E-state index in [1.54, 1.807) is 64.4 Å². The molecule has 2 aromatic heterocycles. The van der Waals surface area contributed by atoms with Gasteiger partial charge in [-0.1, -0.05) is 0 Å². The van der Waals surface area contributed by atoms with Gasteiger partial charge in [0, 0.05) is 38.1 Å². The molecule has 1 fully saturated rings. The predicted octanol–water partition coefficient (Wildman–Crippen LogP) is 2.52. The summed E-state index contributed by atoms with van der Waals surface area (Å²) in [6, 6.07) is 9.30. The molecule has 0 unspecified atom stereocenters. The van der Waals surface area contributed by atoms with Crippen molar-refractivity contribution in [2.45, 2.75) is 25.4 Å². The normalized spacial score (nSPS) is 16.8. The Balaban J connectivity index is 1.31. The number of hydrogen-bond acceptors (Lipinski definition) is 6. The summed E-state index contributed by atoms with van der Waals surface area (Å²) in [6.07, 6.45) is 6.74. The van der Waals surface area contributed by atoms with Crippen molar-refractivity contribution in [1.82, 2.24) is 19.4 Å². The molecule has 2 aliphatic rings. The highest BCUT2D eigenvalue weighted by Gasteiger charge is 2.44. The Hall–Kier alpha value is -4.19. The molecule has 0 bridgehead atoms. The summed E-state index contributed by atoms with van der Waals surface area (Å²) in [5, 5.41) is 12.7. The summed E-state index contributed by atoms with van der Waals surface area (Å²) < 4.78 is 1.71. The molecular formula is C24H23N7O2. The van der Waals surface area contributed by atoms with Gasteiger partial charge in [0.25, 0.3) is 11.8 Å². The van der Waals surface area contributed by atoms with Crippen LogP contribution in [0.5, 0.6) is 0 Å². The highest BCUT2D eigenvalue weighted by atomic mass is 16.2. The van der Waals surface area contributed by atoms with E-state index in [4.69, 9.17) is 0 Å². The zero-order chi connectivity index (χ0) is 23.3. The second kappa shape index (κ2) is 7.45. The summed E-state index contributed by atoms with van der Waals surface area (Å²) in [6.45, 7) is 5.05. The first-order chi connectivity index (χ1) is 15.8. The molecule has 2 aliphatic heterocycles. The number of nitriles is 1. The van der Waals surface area contributed by atoms with Crippen LogP contribution in [0.1, 0.15) is 46.0 Å². The van der Waals surface area contributed by atoms with E-state index in [1.807, 2.05) is 19.9 Å². The fraction of sp³-hybridized carbons (Fsp3) is 0.292. The van der Waals surface area contributed by atoms with Crippen LogP contribution in [0.25, 0.3) is 0 Å².